The molecule has 0 atom stereocenters. The number of benzene rings is 1. The summed E-state index contributed by atoms with van der Waals surface area (Å²) in [6.07, 6.45) is 2.22. The monoisotopic (exact) mass is 263 g/mol. The van der Waals surface area contributed by atoms with Crippen molar-refractivity contribution in [3.63, 3.8) is 0 Å². The molecular formula is C14H18FN3O. The average molecular weight is 263 g/mol. The number of halogens is 1. The lowest BCUT2D eigenvalue weighted by Gasteiger charge is -2.28. The Bertz CT molecular complexity index is 638. The molecule has 0 radical (unpaired) electrons. The summed E-state index contributed by atoms with van der Waals surface area (Å²) in [5.74, 6) is 0.207. The number of fused-ring (bicyclic) bond motifs is 1. The second kappa shape index (κ2) is 4.81. The van der Waals surface area contributed by atoms with Crippen molar-refractivity contribution in [1.82, 2.24) is 14.5 Å². The van der Waals surface area contributed by atoms with Gasteiger partial charge < -0.3 is 9.88 Å². The van der Waals surface area contributed by atoms with Crippen molar-refractivity contribution in [1.29, 1.82) is 0 Å². The molecule has 0 spiro atoms. The summed E-state index contributed by atoms with van der Waals surface area (Å²) in [5, 5.41) is 0. The SMILES string of the molecule is CN1CCC(Cn2c(=O)[nH]c3cc(F)ccc32)CC1. The van der Waals surface area contributed by atoms with Gasteiger partial charge in [-0.3, -0.25) is 4.57 Å². The first-order valence-corrected chi connectivity index (χ1v) is 6.70. The van der Waals surface area contributed by atoms with E-state index >= 15 is 0 Å². The molecule has 3 rings (SSSR count). The van der Waals surface area contributed by atoms with Gasteiger partial charge in [0.05, 0.1) is 11.0 Å². The highest BCUT2D eigenvalue weighted by molar-refractivity contribution is 5.75. The van der Waals surface area contributed by atoms with E-state index in [4.69, 9.17) is 0 Å². The summed E-state index contributed by atoms with van der Waals surface area (Å²) in [4.78, 5) is 17.0. The van der Waals surface area contributed by atoms with Gasteiger partial charge in [-0.2, -0.15) is 0 Å². The molecule has 1 aromatic heterocycles. The molecule has 0 unspecified atom stereocenters. The molecule has 2 aromatic rings. The molecule has 0 saturated carbocycles. The normalized spacial score (nSPS) is 18.2. The van der Waals surface area contributed by atoms with Gasteiger partial charge in [-0.05, 0) is 57.1 Å². The maximum absolute atomic E-state index is 13.1. The first kappa shape index (κ1) is 12.4. The zero-order valence-electron chi connectivity index (χ0n) is 11.0. The summed E-state index contributed by atoms with van der Waals surface area (Å²) >= 11 is 0. The number of hydrogen-bond acceptors (Lipinski definition) is 2. The van der Waals surface area contributed by atoms with Gasteiger partial charge in [-0.25, -0.2) is 9.18 Å². The van der Waals surface area contributed by atoms with Crippen LogP contribution < -0.4 is 5.69 Å². The number of piperidine rings is 1. The molecule has 5 heteroatoms. The Morgan fingerprint density at radius 1 is 1.37 bits per heavy atom. The Morgan fingerprint density at radius 2 is 2.11 bits per heavy atom. The predicted molar refractivity (Wildman–Crippen MR) is 72.7 cm³/mol. The van der Waals surface area contributed by atoms with Gasteiger partial charge in [-0.15, -0.1) is 0 Å². The third-order valence-corrected chi connectivity index (χ3v) is 4.02. The van der Waals surface area contributed by atoms with Gasteiger partial charge in [0.1, 0.15) is 5.82 Å². The lowest BCUT2D eigenvalue weighted by Crippen LogP contribution is -2.33. The number of imidazole rings is 1. The zero-order chi connectivity index (χ0) is 13.4. The standard InChI is InChI=1S/C14H18FN3O/c1-17-6-4-10(5-7-17)9-18-13-3-2-11(15)8-12(13)16-14(18)19/h2-3,8,10H,4-7,9H2,1H3,(H,16,19). The van der Waals surface area contributed by atoms with Crippen LogP contribution in [0.1, 0.15) is 12.8 Å². The van der Waals surface area contributed by atoms with Crippen molar-refractivity contribution < 1.29 is 4.39 Å². The predicted octanol–water partition coefficient (Wildman–Crippen LogP) is 1.81. The fourth-order valence-corrected chi connectivity index (χ4v) is 2.82. The summed E-state index contributed by atoms with van der Waals surface area (Å²) in [6.45, 7) is 2.88. The average Bonchev–Trinajstić information content (AvgIpc) is 2.68. The molecule has 0 bridgehead atoms. The quantitative estimate of drug-likeness (QED) is 0.897. The molecule has 1 saturated heterocycles. The molecule has 0 aliphatic carbocycles. The van der Waals surface area contributed by atoms with E-state index in [0.29, 0.717) is 11.4 Å². The second-order valence-corrected chi connectivity index (χ2v) is 5.45. The van der Waals surface area contributed by atoms with Crippen LogP contribution in [0.5, 0.6) is 0 Å². The van der Waals surface area contributed by atoms with Crippen LogP contribution in [0.3, 0.4) is 0 Å². The topological polar surface area (TPSA) is 41.0 Å². The van der Waals surface area contributed by atoms with Gasteiger partial charge in [0.25, 0.3) is 0 Å². The van der Waals surface area contributed by atoms with Crippen LogP contribution in [0.4, 0.5) is 4.39 Å². The fourth-order valence-electron chi connectivity index (χ4n) is 2.82. The van der Waals surface area contributed by atoms with Gasteiger partial charge in [0.2, 0.25) is 0 Å². The van der Waals surface area contributed by atoms with Gasteiger partial charge >= 0.3 is 5.69 Å². The highest BCUT2D eigenvalue weighted by atomic mass is 19.1. The summed E-state index contributed by atoms with van der Waals surface area (Å²) in [6, 6.07) is 4.46. The van der Waals surface area contributed by atoms with Crippen molar-refractivity contribution in [3.05, 3.63) is 34.5 Å². The maximum Gasteiger partial charge on any atom is 0.326 e. The van der Waals surface area contributed by atoms with Gasteiger partial charge in [0, 0.05) is 6.54 Å². The number of aromatic nitrogens is 2. The largest absolute Gasteiger partial charge is 0.326 e. The number of likely N-dealkylation sites (tertiary alicyclic amines) is 1. The summed E-state index contributed by atoms with van der Waals surface area (Å²) in [7, 11) is 2.12. The third kappa shape index (κ3) is 2.42. The van der Waals surface area contributed by atoms with Gasteiger partial charge in [0.15, 0.2) is 0 Å². The molecule has 1 N–H and O–H groups in total. The number of H-pyrrole nitrogens is 1. The Hall–Kier alpha value is -1.62. The number of hydrogen-bond donors (Lipinski definition) is 1. The summed E-state index contributed by atoms with van der Waals surface area (Å²) < 4.78 is 14.9. The molecule has 102 valence electrons. The van der Waals surface area contributed by atoms with Crippen LogP contribution in [0.2, 0.25) is 0 Å². The van der Waals surface area contributed by atoms with E-state index in [1.54, 1.807) is 10.6 Å². The molecular weight excluding hydrogens is 245 g/mol. The van der Waals surface area contributed by atoms with Crippen LogP contribution in [0.15, 0.2) is 23.0 Å². The minimum atomic E-state index is -0.319. The van der Waals surface area contributed by atoms with Crippen LogP contribution in [-0.4, -0.2) is 34.6 Å². The van der Waals surface area contributed by atoms with Crippen LogP contribution in [0, 0.1) is 11.7 Å². The van der Waals surface area contributed by atoms with E-state index < -0.39 is 0 Å². The molecule has 19 heavy (non-hydrogen) atoms. The maximum atomic E-state index is 13.1. The Balaban J connectivity index is 1.88. The highest BCUT2D eigenvalue weighted by Crippen LogP contribution is 2.20. The first-order chi connectivity index (χ1) is 9.13. The third-order valence-electron chi connectivity index (χ3n) is 4.02. The van der Waals surface area contributed by atoms with Crippen molar-refractivity contribution >= 4 is 11.0 Å². The van der Waals surface area contributed by atoms with Crippen molar-refractivity contribution in [3.8, 4) is 0 Å². The van der Waals surface area contributed by atoms with Gasteiger partial charge in [-0.1, -0.05) is 0 Å². The lowest BCUT2D eigenvalue weighted by molar-refractivity contribution is 0.205. The highest BCUT2D eigenvalue weighted by Gasteiger charge is 2.19. The molecule has 1 aliphatic heterocycles. The molecule has 1 aromatic carbocycles. The number of aromatic amines is 1. The van der Waals surface area contributed by atoms with E-state index in [0.717, 1.165) is 38.0 Å². The molecule has 4 nitrogen and oxygen atoms in total. The Morgan fingerprint density at radius 3 is 2.84 bits per heavy atom. The van der Waals surface area contributed by atoms with E-state index in [9.17, 15) is 9.18 Å². The molecule has 1 fully saturated rings. The minimum absolute atomic E-state index is 0.139. The lowest BCUT2D eigenvalue weighted by atomic mass is 9.97. The zero-order valence-corrected chi connectivity index (χ0v) is 11.0. The number of nitrogens with zero attached hydrogens (tertiary/aromatic N) is 2. The Kier molecular flexibility index (Phi) is 3.14. The molecule has 0 amide bonds. The molecule has 1 aliphatic rings. The Labute approximate surface area is 110 Å². The fraction of sp³-hybridized carbons (Fsp3) is 0.500. The smallest absolute Gasteiger partial charge is 0.306 e. The summed E-state index contributed by atoms with van der Waals surface area (Å²) in [5.41, 5.74) is 1.24. The minimum Gasteiger partial charge on any atom is -0.306 e. The second-order valence-electron chi connectivity index (χ2n) is 5.45. The van der Waals surface area contributed by atoms with E-state index in [-0.39, 0.29) is 11.5 Å². The van der Waals surface area contributed by atoms with Crippen molar-refractivity contribution in [2.24, 2.45) is 5.92 Å². The van der Waals surface area contributed by atoms with Crippen LogP contribution in [-0.2, 0) is 6.54 Å². The van der Waals surface area contributed by atoms with E-state index in [2.05, 4.69) is 16.9 Å². The van der Waals surface area contributed by atoms with E-state index in [1.807, 2.05) is 0 Å². The van der Waals surface area contributed by atoms with Crippen LogP contribution >= 0.6 is 0 Å². The van der Waals surface area contributed by atoms with Crippen molar-refractivity contribution in [2.45, 2.75) is 19.4 Å². The van der Waals surface area contributed by atoms with E-state index in [1.165, 1.54) is 12.1 Å². The van der Waals surface area contributed by atoms with Crippen molar-refractivity contribution in [2.75, 3.05) is 20.1 Å². The first-order valence-electron chi connectivity index (χ1n) is 6.70. The molecule has 2 heterocycles. The van der Waals surface area contributed by atoms with Crippen LogP contribution in [0.25, 0.3) is 11.0 Å². The number of nitrogens with one attached hydrogen (secondary N) is 1. The number of rotatable bonds is 2.